The van der Waals surface area contributed by atoms with Crippen molar-refractivity contribution in [1.82, 2.24) is 0 Å². The van der Waals surface area contributed by atoms with E-state index in [1.807, 2.05) is 13.8 Å². The molecule has 82 valence electrons. The summed E-state index contributed by atoms with van der Waals surface area (Å²) in [4.78, 5) is 11.5. The highest BCUT2D eigenvalue weighted by atomic mass is 19.1. The van der Waals surface area contributed by atoms with Gasteiger partial charge < -0.3 is 10.5 Å². The van der Waals surface area contributed by atoms with Crippen LogP contribution >= 0.6 is 0 Å². The Balaban J connectivity index is 2.74. The minimum atomic E-state index is -0.513. The first kappa shape index (κ1) is 11.5. The molecule has 0 spiro atoms. The number of carbonyl (C=O) groups excluding carboxylic acids is 1. The van der Waals surface area contributed by atoms with Crippen LogP contribution in [0, 0.1) is 11.7 Å². The summed E-state index contributed by atoms with van der Waals surface area (Å²) >= 11 is 0. The molecule has 1 rings (SSSR count). The van der Waals surface area contributed by atoms with Crippen molar-refractivity contribution in [3.05, 3.63) is 29.6 Å². The van der Waals surface area contributed by atoms with Crippen LogP contribution in [0.5, 0.6) is 0 Å². The summed E-state index contributed by atoms with van der Waals surface area (Å²) in [5, 5.41) is 0. The molecule has 15 heavy (non-hydrogen) atoms. The van der Waals surface area contributed by atoms with E-state index in [9.17, 15) is 9.18 Å². The third-order valence-corrected chi connectivity index (χ3v) is 1.78. The van der Waals surface area contributed by atoms with Gasteiger partial charge in [-0.15, -0.1) is 0 Å². The fourth-order valence-corrected chi connectivity index (χ4v) is 1.04. The number of hydrogen-bond acceptors (Lipinski definition) is 3. The molecule has 0 aliphatic rings. The van der Waals surface area contributed by atoms with Crippen molar-refractivity contribution >= 4 is 11.7 Å². The van der Waals surface area contributed by atoms with Gasteiger partial charge in [-0.3, -0.25) is 0 Å². The highest BCUT2D eigenvalue weighted by molar-refractivity contribution is 5.94. The summed E-state index contributed by atoms with van der Waals surface area (Å²) in [5.41, 5.74) is 5.79. The van der Waals surface area contributed by atoms with Crippen molar-refractivity contribution in [3.63, 3.8) is 0 Å². The lowest BCUT2D eigenvalue weighted by molar-refractivity contribution is 0.0460. The maximum absolute atomic E-state index is 12.7. The zero-order chi connectivity index (χ0) is 11.4. The van der Waals surface area contributed by atoms with Gasteiger partial charge in [0.15, 0.2) is 0 Å². The predicted octanol–water partition coefficient (Wildman–Crippen LogP) is 2.22. The second-order valence-electron chi connectivity index (χ2n) is 3.72. The molecule has 0 saturated carbocycles. The standard InChI is InChI=1S/C11H14FNO2/c1-7(2)6-15-11(14)9-4-3-8(12)5-10(9)13/h3-5,7H,6,13H2,1-2H3. The van der Waals surface area contributed by atoms with E-state index < -0.39 is 11.8 Å². The lowest BCUT2D eigenvalue weighted by atomic mass is 10.2. The van der Waals surface area contributed by atoms with Crippen LogP contribution in [-0.2, 0) is 4.74 Å². The summed E-state index contributed by atoms with van der Waals surface area (Å²) in [7, 11) is 0. The van der Waals surface area contributed by atoms with Crippen LogP contribution in [0.15, 0.2) is 18.2 Å². The van der Waals surface area contributed by atoms with Crippen LogP contribution in [-0.4, -0.2) is 12.6 Å². The number of hydrogen-bond donors (Lipinski definition) is 1. The zero-order valence-electron chi connectivity index (χ0n) is 8.79. The van der Waals surface area contributed by atoms with Crippen LogP contribution in [0.3, 0.4) is 0 Å². The van der Waals surface area contributed by atoms with Gasteiger partial charge in [0.25, 0.3) is 0 Å². The number of anilines is 1. The van der Waals surface area contributed by atoms with E-state index in [1.165, 1.54) is 12.1 Å². The van der Waals surface area contributed by atoms with E-state index in [0.717, 1.165) is 6.07 Å². The van der Waals surface area contributed by atoms with Gasteiger partial charge in [-0.05, 0) is 24.1 Å². The predicted molar refractivity (Wildman–Crippen MR) is 55.9 cm³/mol. The number of esters is 1. The molecule has 0 unspecified atom stereocenters. The van der Waals surface area contributed by atoms with E-state index in [1.54, 1.807) is 0 Å². The Morgan fingerprint density at radius 3 is 2.73 bits per heavy atom. The van der Waals surface area contributed by atoms with Crippen LogP contribution < -0.4 is 5.73 Å². The number of benzene rings is 1. The number of rotatable bonds is 3. The Morgan fingerprint density at radius 1 is 1.53 bits per heavy atom. The van der Waals surface area contributed by atoms with Gasteiger partial charge in [0.05, 0.1) is 12.2 Å². The first-order valence-corrected chi connectivity index (χ1v) is 4.73. The number of nitrogens with two attached hydrogens (primary N) is 1. The summed E-state index contributed by atoms with van der Waals surface area (Å²) in [5.74, 6) is -0.718. The molecule has 1 aromatic rings. The smallest absolute Gasteiger partial charge is 0.340 e. The molecule has 0 aromatic heterocycles. The van der Waals surface area contributed by atoms with Crippen LogP contribution in [0.25, 0.3) is 0 Å². The minimum absolute atomic E-state index is 0.101. The minimum Gasteiger partial charge on any atom is -0.462 e. The monoisotopic (exact) mass is 211 g/mol. The largest absolute Gasteiger partial charge is 0.462 e. The first-order valence-electron chi connectivity index (χ1n) is 4.73. The summed E-state index contributed by atoms with van der Waals surface area (Å²) in [6, 6.07) is 3.61. The molecule has 0 radical (unpaired) electrons. The third-order valence-electron chi connectivity index (χ3n) is 1.78. The third kappa shape index (κ3) is 3.23. The quantitative estimate of drug-likeness (QED) is 0.616. The Morgan fingerprint density at radius 2 is 2.20 bits per heavy atom. The van der Waals surface area contributed by atoms with E-state index >= 15 is 0 Å². The fraction of sp³-hybridized carbons (Fsp3) is 0.364. The molecule has 3 nitrogen and oxygen atoms in total. The van der Waals surface area contributed by atoms with Crippen molar-refractivity contribution in [3.8, 4) is 0 Å². The number of carbonyl (C=O) groups is 1. The Bertz CT molecular complexity index is 364. The second kappa shape index (κ2) is 4.77. The van der Waals surface area contributed by atoms with Gasteiger partial charge in [0, 0.05) is 5.69 Å². The molecule has 2 N–H and O–H groups in total. The Hall–Kier alpha value is -1.58. The van der Waals surface area contributed by atoms with Gasteiger partial charge >= 0.3 is 5.97 Å². The number of ether oxygens (including phenoxy) is 1. The maximum Gasteiger partial charge on any atom is 0.340 e. The van der Waals surface area contributed by atoms with E-state index in [2.05, 4.69) is 0 Å². The van der Waals surface area contributed by atoms with Crippen molar-refractivity contribution in [2.45, 2.75) is 13.8 Å². The molecule has 0 saturated heterocycles. The van der Waals surface area contributed by atoms with Crippen molar-refractivity contribution in [2.24, 2.45) is 5.92 Å². The lowest BCUT2D eigenvalue weighted by Crippen LogP contribution is -2.12. The van der Waals surface area contributed by atoms with E-state index in [-0.39, 0.29) is 17.2 Å². The lowest BCUT2D eigenvalue weighted by Gasteiger charge is -2.08. The molecule has 0 aliphatic carbocycles. The van der Waals surface area contributed by atoms with E-state index in [4.69, 9.17) is 10.5 Å². The fourth-order valence-electron chi connectivity index (χ4n) is 1.04. The SMILES string of the molecule is CC(C)COC(=O)c1ccc(F)cc1N. The topological polar surface area (TPSA) is 52.3 Å². The van der Waals surface area contributed by atoms with Gasteiger partial charge in [0.1, 0.15) is 5.82 Å². The van der Waals surface area contributed by atoms with Crippen LogP contribution in [0.1, 0.15) is 24.2 Å². The Labute approximate surface area is 88.0 Å². The summed E-state index contributed by atoms with van der Waals surface area (Å²) < 4.78 is 17.7. The average Bonchev–Trinajstić information content (AvgIpc) is 2.14. The molecular weight excluding hydrogens is 197 g/mol. The summed E-state index contributed by atoms with van der Waals surface area (Å²) in [6.07, 6.45) is 0. The van der Waals surface area contributed by atoms with Gasteiger partial charge in [-0.2, -0.15) is 0 Å². The molecule has 4 heteroatoms. The molecule has 0 amide bonds. The normalized spacial score (nSPS) is 10.4. The Kier molecular flexibility index (Phi) is 3.66. The first-order chi connectivity index (χ1) is 7.00. The molecule has 0 atom stereocenters. The van der Waals surface area contributed by atoms with Gasteiger partial charge in [0.2, 0.25) is 0 Å². The van der Waals surface area contributed by atoms with Crippen LogP contribution in [0.4, 0.5) is 10.1 Å². The van der Waals surface area contributed by atoms with E-state index in [0.29, 0.717) is 6.61 Å². The molecule has 0 bridgehead atoms. The van der Waals surface area contributed by atoms with Crippen molar-refractivity contribution in [1.29, 1.82) is 0 Å². The highest BCUT2D eigenvalue weighted by Gasteiger charge is 2.12. The zero-order valence-corrected chi connectivity index (χ0v) is 8.79. The number of nitrogen functional groups attached to an aromatic ring is 1. The van der Waals surface area contributed by atoms with Crippen molar-refractivity contribution < 1.29 is 13.9 Å². The highest BCUT2D eigenvalue weighted by Crippen LogP contribution is 2.14. The van der Waals surface area contributed by atoms with Crippen molar-refractivity contribution in [2.75, 3.05) is 12.3 Å². The molecule has 0 fully saturated rings. The second-order valence-corrected chi connectivity index (χ2v) is 3.72. The van der Waals surface area contributed by atoms with Gasteiger partial charge in [-0.1, -0.05) is 13.8 Å². The van der Waals surface area contributed by atoms with Crippen LogP contribution in [0.2, 0.25) is 0 Å². The average molecular weight is 211 g/mol. The molecule has 0 aliphatic heterocycles. The molecule has 1 aromatic carbocycles. The molecular formula is C11H14FNO2. The van der Waals surface area contributed by atoms with Gasteiger partial charge in [-0.25, -0.2) is 9.18 Å². The molecule has 0 heterocycles. The summed E-state index contributed by atoms with van der Waals surface area (Å²) in [6.45, 7) is 4.19. The number of halogens is 1. The maximum atomic E-state index is 12.7.